The number of hydrogen-bond acceptors (Lipinski definition) is 5. The summed E-state index contributed by atoms with van der Waals surface area (Å²) in [6, 6.07) is 16.1. The summed E-state index contributed by atoms with van der Waals surface area (Å²) < 4.78 is 64.9. The van der Waals surface area contributed by atoms with Gasteiger partial charge in [-0.2, -0.15) is 4.31 Å². The molecule has 0 aliphatic carbocycles. The smallest absolute Gasteiger partial charge is 0.218 e. The van der Waals surface area contributed by atoms with Crippen LogP contribution in [-0.4, -0.2) is 33.9 Å². The van der Waals surface area contributed by atoms with Crippen LogP contribution in [0, 0.1) is 11.7 Å². The maximum atomic E-state index is 13.5. The first kappa shape index (κ1) is 24.6. The quantitative estimate of drug-likeness (QED) is 0.421. The molecular formula is C23H26FNO4S3. The number of hydrogen-bond donors (Lipinski definition) is 0. The Morgan fingerprint density at radius 2 is 1.69 bits per heavy atom. The molecule has 0 spiro atoms. The van der Waals surface area contributed by atoms with E-state index in [1.807, 2.05) is 32.0 Å². The van der Waals surface area contributed by atoms with Crippen LogP contribution in [0.3, 0.4) is 0 Å². The van der Waals surface area contributed by atoms with Gasteiger partial charge in [-0.25, -0.2) is 21.2 Å². The first-order valence-electron chi connectivity index (χ1n) is 10.1. The van der Waals surface area contributed by atoms with Gasteiger partial charge in [0.2, 0.25) is 10.0 Å². The highest BCUT2D eigenvalue weighted by atomic mass is 32.2. The molecule has 3 aromatic rings. The monoisotopic (exact) mass is 495 g/mol. The lowest BCUT2D eigenvalue weighted by atomic mass is 10.2. The van der Waals surface area contributed by atoms with E-state index in [-0.39, 0.29) is 23.1 Å². The van der Waals surface area contributed by atoms with Crippen LogP contribution in [0.1, 0.15) is 24.3 Å². The van der Waals surface area contributed by atoms with Crippen molar-refractivity contribution < 1.29 is 21.2 Å². The molecule has 3 rings (SSSR count). The molecular weight excluding hydrogens is 469 g/mol. The SMILES string of the molecule is CC(C)CN(Cc1ccc(-c2cccc(S(C)(=O)=O)c2)s1)S(=O)(=O)Cc1cccc(F)c1. The molecule has 0 aliphatic heterocycles. The van der Waals surface area contributed by atoms with Crippen molar-refractivity contribution in [3.63, 3.8) is 0 Å². The van der Waals surface area contributed by atoms with Gasteiger partial charge in [0.05, 0.1) is 10.6 Å². The first-order valence-corrected chi connectivity index (χ1v) is 14.4. The number of benzene rings is 2. The Morgan fingerprint density at radius 1 is 0.969 bits per heavy atom. The lowest BCUT2D eigenvalue weighted by Gasteiger charge is -2.23. The normalized spacial score (nSPS) is 12.6. The predicted octanol–water partition coefficient (Wildman–Crippen LogP) is 4.95. The molecule has 0 saturated heterocycles. The van der Waals surface area contributed by atoms with Gasteiger partial charge in [0.15, 0.2) is 9.84 Å². The molecule has 2 aromatic carbocycles. The average molecular weight is 496 g/mol. The van der Waals surface area contributed by atoms with Gasteiger partial charge in [0.1, 0.15) is 5.82 Å². The minimum atomic E-state index is -3.67. The highest BCUT2D eigenvalue weighted by Crippen LogP contribution is 2.31. The second kappa shape index (κ2) is 9.82. The van der Waals surface area contributed by atoms with Crippen LogP contribution in [0.5, 0.6) is 0 Å². The maximum Gasteiger partial charge on any atom is 0.218 e. The number of sulfonamides is 1. The largest absolute Gasteiger partial charge is 0.224 e. The zero-order chi connectivity index (χ0) is 23.5. The molecule has 1 aromatic heterocycles. The lowest BCUT2D eigenvalue weighted by molar-refractivity contribution is 0.364. The molecule has 0 aliphatic rings. The van der Waals surface area contributed by atoms with Crippen LogP contribution < -0.4 is 0 Å². The van der Waals surface area contributed by atoms with Crippen molar-refractivity contribution in [2.45, 2.75) is 31.0 Å². The summed E-state index contributed by atoms with van der Waals surface area (Å²) in [4.78, 5) is 1.94. The van der Waals surface area contributed by atoms with E-state index < -0.39 is 25.7 Å². The van der Waals surface area contributed by atoms with Gasteiger partial charge in [0, 0.05) is 29.1 Å². The second-order valence-corrected chi connectivity index (χ2v) is 13.3. The summed E-state index contributed by atoms with van der Waals surface area (Å²) in [7, 11) is -6.99. The summed E-state index contributed by atoms with van der Waals surface area (Å²) in [5, 5.41) is 0. The van der Waals surface area contributed by atoms with Crippen LogP contribution in [0.15, 0.2) is 65.6 Å². The standard InChI is InChI=1S/C23H26FNO4S3/c1-17(2)14-25(32(28,29)16-18-6-4-8-20(24)12-18)15-21-10-11-23(30-21)19-7-5-9-22(13-19)31(3,26)27/h4-13,17H,14-16H2,1-3H3. The van der Waals surface area contributed by atoms with Gasteiger partial charge >= 0.3 is 0 Å². The molecule has 0 N–H and O–H groups in total. The Morgan fingerprint density at radius 3 is 2.34 bits per heavy atom. The highest BCUT2D eigenvalue weighted by molar-refractivity contribution is 7.90. The molecule has 0 amide bonds. The zero-order valence-corrected chi connectivity index (χ0v) is 20.6. The Balaban J connectivity index is 1.85. The fourth-order valence-corrected chi connectivity index (χ4v) is 6.70. The van der Waals surface area contributed by atoms with Crippen molar-refractivity contribution in [2.24, 2.45) is 5.92 Å². The predicted molar refractivity (Wildman–Crippen MR) is 127 cm³/mol. The van der Waals surface area contributed by atoms with E-state index in [1.54, 1.807) is 24.3 Å². The van der Waals surface area contributed by atoms with Crippen LogP contribution in [0.25, 0.3) is 10.4 Å². The summed E-state index contributed by atoms with van der Waals surface area (Å²) >= 11 is 1.42. The highest BCUT2D eigenvalue weighted by Gasteiger charge is 2.24. The van der Waals surface area contributed by atoms with Gasteiger partial charge < -0.3 is 0 Å². The third-order valence-corrected chi connectivity index (χ3v) is 8.73. The Kier molecular flexibility index (Phi) is 7.54. The van der Waals surface area contributed by atoms with Crippen LogP contribution in [0.4, 0.5) is 4.39 Å². The van der Waals surface area contributed by atoms with Crippen molar-refractivity contribution >= 4 is 31.2 Å². The zero-order valence-electron chi connectivity index (χ0n) is 18.2. The van der Waals surface area contributed by atoms with E-state index in [1.165, 1.54) is 40.1 Å². The lowest BCUT2D eigenvalue weighted by Crippen LogP contribution is -2.34. The summed E-state index contributed by atoms with van der Waals surface area (Å²) in [5.74, 6) is -0.623. The van der Waals surface area contributed by atoms with E-state index in [0.717, 1.165) is 15.3 Å². The van der Waals surface area contributed by atoms with Crippen molar-refractivity contribution in [3.8, 4) is 10.4 Å². The van der Waals surface area contributed by atoms with Crippen LogP contribution in [-0.2, 0) is 32.2 Å². The Bertz CT molecular complexity index is 1300. The van der Waals surface area contributed by atoms with Gasteiger partial charge in [-0.15, -0.1) is 11.3 Å². The van der Waals surface area contributed by atoms with Gasteiger partial charge in [-0.3, -0.25) is 0 Å². The van der Waals surface area contributed by atoms with E-state index in [4.69, 9.17) is 0 Å². The van der Waals surface area contributed by atoms with Gasteiger partial charge in [-0.1, -0.05) is 38.1 Å². The third kappa shape index (κ3) is 6.48. The summed E-state index contributed by atoms with van der Waals surface area (Å²) in [6.45, 7) is 4.43. The number of sulfone groups is 1. The Hall–Kier alpha value is -2.07. The minimum absolute atomic E-state index is 0.114. The minimum Gasteiger partial charge on any atom is -0.224 e. The Labute approximate surface area is 193 Å². The van der Waals surface area contributed by atoms with Crippen molar-refractivity contribution in [3.05, 3.63) is 76.9 Å². The second-order valence-electron chi connectivity index (χ2n) is 8.14. The van der Waals surface area contributed by atoms with Gasteiger partial charge in [0.25, 0.3) is 0 Å². The van der Waals surface area contributed by atoms with E-state index >= 15 is 0 Å². The topological polar surface area (TPSA) is 71.5 Å². The third-order valence-electron chi connectivity index (χ3n) is 4.74. The molecule has 32 heavy (non-hydrogen) atoms. The van der Waals surface area contributed by atoms with Crippen LogP contribution in [0.2, 0.25) is 0 Å². The first-order chi connectivity index (χ1) is 14.9. The number of rotatable bonds is 9. The number of thiophene rings is 1. The molecule has 0 saturated carbocycles. The van der Waals surface area contributed by atoms with E-state index in [0.29, 0.717) is 12.1 Å². The fraction of sp³-hybridized carbons (Fsp3) is 0.304. The summed E-state index contributed by atoms with van der Waals surface area (Å²) in [5.41, 5.74) is 1.17. The average Bonchev–Trinajstić information content (AvgIpc) is 3.15. The molecule has 5 nitrogen and oxygen atoms in total. The molecule has 1 heterocycles. The van der Waals surface area contributed by atoms with Crippen molar-refractivity contribution in [2.75, 3.05) is 12.8 Å². The van der Waals surface area contributed by atoms with Gasteiger partial charge in [-0.05, 0) is 53.4 Å². The molecule has 0 atom stereocenters. The van der Waals surface area contributed by atoms with Crippen molar-refractivity contribution in [1.82, 2.24) is 4.31 Å². The van der Waals surface area contributed by atoms with E-state index in [2.05, 4.69) is 0 Å². The molecule has 0 fully saturated rings. The molecule has 0 unspecified atom stereocenters. The van der Waals surface area contributed by atoms with E-state index in [9.17, 15) is 21.2 Å². The number of halogens is 1. The molecule has 0 radical (unpaired) electrons. The maximum absolute atomic E-state index is 13.5. The fourth-order valence-electron chi connectivity index (χ4n) is 3.28. The van der Waals surface area contributed by atoms with Crippen LogP contribution >= 0.6 is 11.3 Å². The molecule has 0 bridgehead atoms. The summed E-state index contributed by atoms with van der Waals surface area (Å²) in [6.07, 6.45) is 1.17. The molecule has 9 heteroatoms. The van der Waals surface area contributed by atoms with Crippen molar-refractivity contribution in [1.29, 1.82) is 0 Å². The molecule has 172 valence electrons. The number of nitrogens with zero attached hydrogens (tertiary/aromatic N) is 1.